The first-order chi connectivity index (χ1) is 29.0. The van der Waals surface area contributed by atoms with Gasteiger partial charge in [-0.3, -0.25) is 0 Å². The second-order valence-corrected chi connectivity index (χ2v) is 13.5. The number of aliphatic hydroxyl groups excluding tert-OH is 2. The molecule has 20 nitrogen and oxygen atoms in total. The Morgan fingerprint density at radius 2 is 1.40 bits per heavy atom. The number of anilines is 1. The van der Waals surface area contributed by atoms with E-state index in [0.717, 1.165) is 24.8 Å². The van der Waals surface area contributed by atoms with E-state index in [4.69, 9.17) is 69.2 Å². The molecule has 0 fully saturated rings. The average Bonchev–Trinajstić information content (AvgIpc) is 3.20. The van der Waals surface area contributed by atoms with E-state index in [1.165, 1.54) is 0 Å². The summed E-state index contributed by atoms with van der Waals surface area (Å²) in [5.41, 5.74) is 8.83. The van der Waals surface area contributed by atoms with E-state index in [1.807, 2.05) is 0 Å². The van der Waals surface area contributed by atoms with Crippen LogP contribution in [0.2, 0.25) is 15.9 Å². The number of aliphatic hydroxyl groups is 2. The van der Waals surface area contributed by atoms with Crippen molar-refractivity contribution in [3.8, 4) is 11.8 Å². The molecule has 0 saturated carbocycles. The predicted octanol–water partition coefficient (Wildman–Crippen LogP) is 6.43. The van der Waals surface area contributed by atoms with Crippen LogP contribution in [0.4, 0.5) is 5.95 Å². The lowest BCUT2D eigenvalue weighted by atomic mass is 10.2. The van der Waals surface area contributed by atoms with Crippen molar-refractivity contribution < 1.29 is 28.8 Å². The number of fused-ring (bicyclic) bond motifs is 1. The first-order valence-corrected chi connectivity index (χ1v) is 20.2. The maximum atomic E-state index is 11.6. The van der Waals surface area contributed by atoms with Crippen LogP contribution >= 0.6 is 34.8 Å². The van der Waals surface area contributed by atoms with Gasteiger partial charge in [-0.2, -0.15) is 24.9 Å². The minimum absolute atomic E-state index is 0.0101. The number of aromatic nitrogens is 9. The molecule has 324 valence electrons. The number of nitrogens with zero attached hydrogens (tertiary/aromatic N) is 12. The van der Waals surface area contributed by atoms with Gasteiger partial charge in [0.05, 0.1) is 13.2 Å². The zero-order valence-corrected chi connectivity index (χ0v) is 35.8. The fourth-order valence-electron chi connectivity index (χ4n) is 4.75. The molecule has 60 heavy (non-hydrogen) atoms. The van der Waals surface area contributed by atoms with Gasteiger partial charge in [-0.25, -0.2) is 24.7 Å². The second-order valence-electron chi connectivity index (χ2n) is 12.5. The molecule has 0 aliphatic carbocycles. The Morgan fingerprint density at radius 3 is 2.03 bits per heavy atom. The fourth-order valence-corrected chi connectivity index (χ4v) is 5.37. The standard InChI is InChI=1S/C17H31N7O3.C16H14ClN3O4.C4H3Cl2N3/c1-2-11-26-13-14-27-12-4-7-16-21-15(6-3-10-25)22-17(23-16)19-8-5-9-20-24-18;1-9-7-10-4-5-11(8-12(10)24-14(9)22)23-16-19-13(3-2-6-21)18-15(17)20-16;1-2-7-3(5)9-4(6)8-2/h25H,2-14H2,1H3,(H,19,21,22,23);4-5,7-8,21H,2-3,6H2,1H3;1H3. The van der Waals surface area contributed by atoms with Gasteiger partial charge < -0.3 is 34.2 Å². The summed E-state index contributed by atoms with van der Waals surface area (Å²) < 4.78 is 21.7. The van der Waals surface area contributed by atoms with Crippen molar-refractivity contribution in [2.45, 2.75) is 72.1 Å². The largest absolute Gasteiger partial charge is 0.424 e. The molecule has 5 rings (SSSR count). The summed E-state index contributed by atoms with van der Waals surface area (Å²) in [5, 5.41) is 25.6. The fraction of sp³-hybridized carbons (Fsp3) is 0.514. The van der Waals surface area contributed by atoms with Crippen LogP contribution in [0.25, 0.3) is 21.4 Å². The summed E-state index contributed by atoms with van der Waals surface area (Å²) >= 11 is 16.7. The molecule has 23 heteroatoms. The SMILES string of the molecule is CCCOCCOCCCc1nc(CCCO)nc(NCCCN=[N+]=[N-])n1.Cc1cc2ccc(Oc3nc(Cl)nc(CCCO)n3)cc2oc1=O.Cc1nc(Cl)nc(Cl)n1. The lowest BCUT2D eigenvalue weighted by Crippen LogP contribution is -2.13. The van der Waals surface area contributed by atoms with Crippen LogP contribution in [0.15, 0.2) is 38.6 Å². The molecule has 3 N–H and O–H groups in total. The Balaban J connectivity index is 0.000000266. The molecule has 4 aromatic heterocycles. The maximum Gasteiger partial charge on any atom is 0.339 e. The van der Waals surface area contributed by atoms with E-state index >= 15 is 0 Å². The molecule has 0 atom stereocenters. The minimum Gasteiger partial charge on any atom is -0.424 e. The van der Waals surface area contributed by atoms with Gasteiger partial charge in [0.25, 0.3) is 0 Å². The highest BCUT2D eigenvalue weighted by molar-refractivity contribution is 6.31. The topological polar surface area (TPSA) is 275 Å². The predicted molar refractivity (Wildman–Crippen MR) is 225 cm³/mol. The number of hydrogen-bond donors (Lipinski definition) is 3. The molecule has 0 bridgehead atoms. The molecule has 4 heterocycles. The number of aryl methyl sites for hydroxylation is 5. The normalized spacial score (nSPS) is 10.6. The number of hydrogen-bond acceptors (Lipinski definition) is 18. The minimum atomic E-state index is -0.394. The molecule has 0 radical (unpaired) electrons. The van der Waals surface area contributed by atoms with Crippen LogP contribution in [0.1, 0.15) is 67.9 Å². The third-order valence-corrected chi connectivity index (χ3v) is 7.96. The average molecular weight is 893 g/mol. The zero-order valence-electron chi connectivity index (χ0n) is 33.6. The maximum absolute atomic E-state index is 11.6. The van der Waals surface area contributed by atoms with E-state index in [1.54, 1.807) is 38.1 Å². The van der Waals surface area contributed by atoms with Crippen molar-refractivity contribution in [3.05, 3.63) is 89.8 Å². The summed E-state index contributed by atoms with van der Waals surface area (Å²) in [6.07, 6.45) is 5.41. The van der Waals surface area contributed by atoms with Crippen LogP contribution in [-0.2, 0) is 28.7 Å². The molecule has 0 saturated heterocycles. The molecule has 0 spiro atoms. The highest BCUT2D eigenvalue weighted by Gasteiger charge is 2.10. The molecular weight excluding hydrogens is 845 g/mol. The zero-order chi connectivity index (χ0) is 43.5. The monoisotopic (exact) mass is 891 g/mol. The van der Waals surface area contributed by atoms with Crippen molar-refractivity contribution in [2.75, 3.05) is 58.0 Å². The van der Waals surface area contributed by atoms with Gasteiger partial charge in [0.1, 0.15) is 34.6 Å². The quantitative estimate of drug-likeness (QED) is 0.0222. The summed E-state index contributed by atoms with van der Waals surface area (Å²) in [6, 6.07) is 6.86. The van der Waals surface area contributed by atoms with Crippen molar-refractivity contribution in [1.29, 1.82) is 0 Å². The Hall–Kier alpha value is -4.92. The highest BCUT2D eigenvalue weighted by atomic mass is 35.5. The van der Waals surface area contributed by atoms with Gasteiger partial charge in [0.2, 0.25) is 21.8 Å². The van der Waals surface area contributed by atoms with Crippen molar-refractivity contribution in [2.24, 2.45) is 5.11 Å². The molecule has 0 aliphatic rings. The molecule has 1 aromatic carbocycles. The van der Waals surface area contributed by atoms with Crippen LogP contribution in [0, 0.1) is 13.8 Å². The molecule has 0 unspecified atom stereocenters. The second kappa shape index (κ2) is 28.5. The van der Waals surface area contributed by atoms with Gasteiger partial charge in [0, 0.05) is 80.7 Å². The van der Waals surface area contributed by atoms with Crippen molar-refractivity contribution in [1.82, 2.24) is 44.9 Å². The Labute approximate surface area is 361 Å². The highest BCUT2D eigenvalue weighted by Crippen LogP contribution is 2.24. The first-order valence-electron chi connectivity index (χ1n) is 19.1. The van der Waals surface area contributed by atoms with Gasteiger partial charge in [-0.05, 0) is 104 Å². The molecule has 5 aromatic rings. The Bertz CT molecular complexity index is 2110. The van der Waals surface area contributed by atoms with Gasteiger partial charge in [0.15, 0.2) is 0 Å². The van der Waals surface area contributed by atoms with E-state index in [9.17, 15) is 4.79 Å². The Kier molecular flexibility index (Phi) is 23.5. The van der Waals surface area contributed by atoms with Crippen LogP contribution in [-0.4, -0.2) is 108 Å². The van der Waals surface area contributed by atoms with Gasteiger partial charge >= 0.3 is 11.6 Å². The van der Waals surface area contributed by atoms with Crippen molar-refractivity contribution >= 4 is 51.7 Å². The first kappa shape index (κ1) is 49.4. The summed E-state index contributed by atoms with van der Waals surface area (Å²) in [7, 11) is 0. The van der Waals surface area contributed by atoms with E-state index in [-0.39, 0.29) is 35.1 Å². The number of rotatable bonds is 22. The number of nitrogens with one attached hydrogen (secondary N) is 1. The number of ether oxygens (including phenoxy) is 3. The smallest absolute Gasteiger partial charge is 0.339 e. The third kappa shape index (κ3) is 19.9. The van der Waals surface area contributed by atoms with Gasteiger partial charge in [-0.15, -0.1) is 0 Å². The van der Waals surface area contributed by atoms with Crippen LogP contribution in [0.5, 0.6) is 11.8 Å². The summed E-state index contributed by atoms with van der Waals surface area (Å²) in [5.74, 6) is 3.26. The van der Waals surface area contributed by atoms with E-state index in [0.29, 0.717) is 118 Å². The number of benzene rings is 1. The van der Waals surface area contributed by atoms with Crippen LogP contribution < -0.4 is 15.7 Å². The summed E-state index contributed by atoms with van der Waals surface area (Å²) in [4.78, 5) is 50.6. The summed E-state index contributed by atoms with van der Waals surface area (Å²) in [6.45, 7) is 9.24. The lowest BCUT2D eigenvalue weighted by molar-refractivity contribution is 0.0471. The third-order valence-electron chi connectivity index (χ3n) is 7.45. The van der Waals surface area contributed by atoms with E-state index < -0.39 is 5.63 Å². The lowest BCUT2D eigenvalue weighted by Gasteiger charge is -2.09. The van der Waals surface area contributed by atoms with Gasteiger partial charge in [-0.1, -0.05) is 12.0 Å². The van der Waals surface area contributed by atoms with Crippen LogP contribution in [0.3, 0.4) is 0 Å². The molecule has 0 amide bonds. The van der Waals surface area contributed by atoms with E-state index in [2.05, 4.69) is 67.1 Å². The number of halogens is 3. The molecular formula is C37H48Cl3N13O7. The van der Waals surface area contributed by atoms with Crippen molar-refractivity contribution in [3.63, 3.8) is 0 Å². The molecule has 0 aliphatic heterocycles. The Morgan fingerprint density at radius 1 is 0.767 bits per heavy atom. The number of azide groups is 1.